The molecule has 28 heavy (non-hydrogen) atoms. The quantitative estimate of drug-likeness (QED) is 0.619. The van der Waals surface area contributed by atoms with Gasteiger partial charge in [-0.1, -0.05) is 30.0 Å². The number of carbonyl (C=O) groups is 2. The molecule has 2 aromatic carbocycles. The molecule has 2 N–H and O–H groups in total. The van der Waals surface area contributed by atoms with Crippen molar-refractivity contribution < 1.29 is 14.0 Å². The van der Waals surface area contributed by atoms with Crippen molar-refractivity contribution in [2.24, 2.45) is 0 Å². The minimum absolute atomic E-state index is 0.112. The first-order valence-electron chi connectivity index (χ1n) is 8.97. The van der Waals surface area contributed by atoms with Gasteiger partial charge in [0.05, 0.1) is 21.9 Å². The maximum absolute atomic E-state index is 12.9. The molecule has 1 heterocycles. The minimum atomic E-state index is -0.357. The number of para-hydroxylation sites is 1. The number of thioether (sulfide) groups is 1. The van der Waals surface area contributed by atoms with E-state index in [4.69, 9.17) is 0 Å². The smallest absolute Gasteiger partial charge is 0.252 e. The van der Waals surface area contributed by atoms with Crippen LogP contribution in [-0.2, 0) is 4.79 Å². The number of halogens is 1. The zero-order chi connectivity index (χ0) is 19.5. The molecule has 0 radical (unpaired) electrons. The number of pyridine rings is 1. The number of carbonyl (C=O) groups excluding carboxylic acids is 2. The van der Waals surface area contributed by atoms with E-state index < -0.39 is 0 Å². The molecule has 1 aliphatic rings. The fourth-order valence-corrected chi connectivity index (χ4v) is 3.49. The highest BCUT2D eigenvalue weighted by atomic mass is 32.2. The van der Waals surface area contributed by atoms with Crippen molar-refractivity contribution in [1.82, 2.24) is 10.3 Å². The van der Waals surface area contributed by atoms with E-state index in [0.717, 1.165) is 18.2 Å². The summed E-state index contributed by atoms with van der Waals surface area (Å²) >= 11 is 1.25. The summed E-state index contributed by atoms with van der Waals surface area (Å²) in [6, 6.07) is 15.1. The van der Waals surface area contributed by atoms with E-state index >= 15 is 0 Å². The molecule has 0 spiro atoms. The maximum Gasteiger partial charge on any atom is 0.252 e. The molecule has 1 aromatic heterocycles. The second-order valence-electron chi connectivity index (χ2n) is 6.62. The number of anilines is 1. The van der Waals surface area contributed by atoms with Crippen LogP contribution < -0.4 is 10.6 Å². The molecule has 4 rings (SSSR count). The average Bonchev–Trinajstić information content (AvgIpc) is 3.51. The van der Waals surface area contributed by atoms with Gasteiger partial charge in [-0.25, -0.2) is 9.37 Å². The standard InChI is InChI=1S/C21H18FN3O2S/c22-13-5-7-14(8-6-13)23-19(26)12-28-20-11-17(21(27)24-15-9-10-15)16-3-1-2-4-18(16)25-20/h1-8,11,15H,9-10,12H2,(H,23,26)(H,24,27). The monoisotopic (exact) mass is 395 g/mol. The number of hydrogen-bond donors (Lipinski definition) is 2. The van der Waals surface area contributed by atoms with Gasteiger partial charge in [-0.2, -0.15) is 0 Å². The lowest BCUT2D eigenvalue weighted by Crippen LogP contribution is -2.25. The first kappa shape index (κ1) is 18.4. The van der Waals surface area contributed by atoms with Gasteiger partial charge in [0.1, 0.15) is 5.82 Å². The fourth-order valence-electron chi connectivity index (χ4n) is 2.77. The van der Waals surface area contributed by atoms with Gasteiger partial charge in [-0.05, 0) is 49.2 Å². The lowest BCUT2D eigenvalue weighted by atomic mass is 10.1. The molecule has 0 saturated heterocycles. The zero-order valence-electron chi connectivity index (χ0n) is 14.9. The Morgan fingerprint density at radius 1 is 1.11 bits per heavy atom. The largest absolute Gasteiger partial charge is 0.349 e. The first-order valence-corrected chi connectivity index (χ1v) is 9.96. The van der Waals surface area contributed by atoms with Crippen LogP contribution in [0.5, 0.6) is 0 Å². The van der Waals surface area contributed by atoms with E-state index in [0.29, 0.717) is 21.8 Å². The number of amides is 2. The lowest BCUT2D eigenvalue weighted by molar-refractivity contribution is -0.113. The summed E-state index contributed by atoms with van der Waals surface area (Å²) < 4.78 is 12.9. The summed E-state index contributed by atoms with van der Waals surface area (Å²) in [4.78, 5) is 29.3. The van der Waals surface area contributed by atoms with Crippen LogP contribution in [0.2, 0.25) is 0 Å². The van der Waals surface area contributed by atoms with Gasteiger partial charge >= 0.3 is 0 Å². The Morgan fingerprint density at radius 2 is 1.86 bits per heavy atom. The van der Waals surface area contributed by atoms with Gasteiger partial charge in [-0.3, -0.25) is 9.59 Å². The number of hydrogen-bond acceptors (Lipinski definition) is 4. The van der Waals surface area contributed by atoms with Gasteiger partial charge < -0.3 is 10.6 Å². The summed E-state index contributed by atoms with van der Waals surface area (Å²) in [6.07, 6.45) is 2.03. The van der Waals surface area contributed by atoms with Gasteiger partial charge in [0.15, 0.2) is 0 Å². The molecular weight excluding hydrogens is 377 g/mol. The topological polar surface area (TPSA) is 71.1 Å². The third-order valence-electron chi connectivity index (χ3n) is 4.33. The van der Waals surface area contributed by atoms with Crippen LogP contribution in [0.1, 0.15) is 23.2 Å². The van der Waals surface area contributed by atoms with Crippen LogP contribution >= 0.6 is 11.8 Å². The Labute approximate surface area is 165 Å². The Hall–Kier alpha value is -2.93. The van der Waals surface area contributed by atoms with Gasteiger partial charge in [0, 0.05) is 17.1 Å². The third-order valence-corrected chi connectivity index (χ3v) is 5.24. The maximum atomic E-state index is 12.9. The molecular formula is C21H18FN3O2S. The summed E-state index contributed by atoms with van der Waals surface area (Å²) in [7, 11) is 0. The average molecular weight is 395 g/mol. The van der Waals surface area contributed by atoms with Crippen molar-refractivity contribution in [3.8, 4) is 0 Å². The second kappa shape index (κ2) is 7.98. The molecule has 0 unspecified atom stereocenters. The number of nitrogens with one attached hydrogen (secondary N) is 2. The molecule has 5 nitrogen and oxygen atoms in total. The van der Waals surface area contributed by atoms with Crippen molar-refractivity contribution in [3.63, 3.8) is 0 Å². The lowest BCUT2D eigenvalue weighted by Gasteiger charge is -2.10. The van der Waals surface area contributed by atoms with Crippen LogP contribution in [0, 0.1) is 5.82 Å². The second-order valence-corrected chi connectivity index (χ2v) is 7.61. The molecule has 3 aromatic rings. The third kappa shape index (κ3) is 4.48. The number of aromatic nitrogens is 1. The summed E-state index contributed by atoms with van der Waals surface area (Å²) in [5.74, 6) is -0.564. The van der Waals surface area contributed by atoms with Crippen molar-refractivity contribution >= 4 is 40.2 Å². The van der Waals surface area contributed by atoms with Gasteiger partial charge in [0.25, 0.3) is 5.91 Å². The van der Waals surface area contributed by atoms with E-state index in [1.54, 1.807) is 6.07 Å². The predicted molar refractivity (Wildman–Crippen MR) is 108 cm³/mol. The van der Waals surface area contributed by atoms with Crippen LogP contribution in [0.4, 0.5) is 10.1 Å². The fraction of sp³-hybridized carbons (Fsp3) is 0.190. The number of fused-ring (bicyclic) bond motifs is 1. The van der Waals surface area contributed by atoms with Crippen LogP contribution in [0.15, 0.2) is 59.6 Å². The molecule has 1 aliphatic carbocycles. The SMILES string of the molecule is O=C(CSc1cc(C(=O)NC2CC2)c2ccccc2n1)Nc1ccc(F)cc1. The Kier molecular flexibility index (Phi) is 5.25. The van der Waals surface area contributed by atoms with Crippen molar-refractivity contribution in [3.05, 3.63) is 66.0 Å². The normalized spacial score (nSPS) is 13.3. The Balaban J connectivity index is 1.49. The molecule has 142 valence electrons. The molecule has 0 aliphatic heterocycles. The van der Waals surface area contributed by atoms with Gasteiger partial charge in [0.2, 0.25) is 5.91 Å². The molecule has 2 amide bonds. The zero-order valence-corrected chi connectivity index (χ0v) is 15.8. The van der Waals surface area contributed by atoms with Crippen molar-refractivity contribution in [1.29, 1.82) is 0 Å². The molecule has 0 bridgehead atoms. The number of nitrogens with zero attached hydrogens (tertiary/aromatic N) is 1. The summed E-state index contributed by atoms with van der Waals surface area (Å²) in [6.45, 7) is 0. The Morgan fingerprint density at radius 3 is 2.61 bits per heavy atom. The highest BCUT2D eigenvalue weighted by molar-refractivity contribution is 7.99. The van der Waals surface area contributed by atoms with Crippen molar-refractivity contribution in [2.45, 2.75) is 23.9 Å². The molecule has 1 saturated carbocycles. The van der Waals surface area contributed by atoms with E-state index in [-0.39, 0.29) is 29.4 Å². The van der Waals surface area contributed by atoms with E-state index in [1.165, 1.54) is 36.0 Å². The minimum Gasteiger partial charge on any atom is -0.349 e. The molecule has 1 fully saturated rings. The predicted octanol–water partition coefficient (Wildman–Crippen LogP) is 4.00. The molecule has 0 atom stereocenters. The van der Waals surface area contributed by atoms with E-state index in [1.807, 2.05) is 24.3 Å². The summed E-state index contributed by atoms with van der Waals surface area (Å²) in [5, 5.41) is 7.12. The van der Waals surface area contributed by atoms with Gasteiger partial charge in [-0.15, -0.1) is 0 Å². The first-order chi connectivity index (χ1) is 13.6. The number of rotatable bonds is 6. The van der Waals surface area contributed by atoms with Crippen molar-refractivity contribution in [2.75, 3.05) is 11.1 Å². The highest BCUT2D eigenvalue weighted by Gasteiger charge is 2.25. The highest BCUT2D eigenvalue weighted by Crippen LogP contribution is 2.26. The van der Waals surface area contributed by atoms with E-state index in [2.05, 4.69) is 15.6 Å². The number of benzene rings is 2. The van der Waals surface area contributed by atoms with Crippen LogP contribution in [0.25, 0.3) is 10.9 Å². The Bertz CT molecular complexity index is 1040. The van der Waals surface area contributed by atoms with Crippen LogP contribution in [0.3, 0.4) is 0 Å². The van der Waals surface area contributed by atoms with Crippen LogP contribution in [-0.4, -0.2) is 28.6 Å². The van der Waals surface area contributed by atoms with E-state index in [9.17, 15) is 14.0 Å². The molecule has 7 heteroatoms. The summed E-state index contributed by atoms with van der Waals surface area (Å²) in [5.41, 5.74) is 1.81.